The van der Waals surface area contributed by atoms with E-state index in [1.807, 2.05) is 0 Å². The van der Waals surface area contributed by atoms with Gasteiger partial charge >= 0.3 is 23.3 Å². The number of nitro groups is 2. The molecule has 0 amide bonds. The van der Waals surface area contributed by atoms with Gasteiger partial charge in [0.05, 0.1) is 9.85 Å². The van der Waals surface area contributed by atoms with E-state index in [1.54, 1.807) is 0 Å². The lowest BCUT2D eigenvalue weighted by atomic mass is 9.77. The Balaban J connectivity index is 2.79. The van der Waals surface area contributed by atoms with Crippen LogP contribution in [0.15, 0.2) is 24.3 Å². The molecule has 2 rings (SSSR count). The molecule has 0 aliphatic heterocycles. The molecule has 2 N–H and O–H groups in total. The number of phenols is 2. The Morgan fingerprint density at radius 1 is 0.806 bits per heavy atom. The standard InChI is InChI=1S/C19H18N2O10/c1-9(22)30-15-7-11(5-13(17(15)24)20(26)27)19(3,4)12-6-14(21(28)29)18(25)16(8-12)31-10(2)23/h5-8,24-25H,1-4H3. The van der Waals surface area contributed by atoms with Crippen LogP contribution >= 0.6 is 0 Å². The molecule has 0 radical (unpaired) electrons. The summed E-state index contributed by atoms with van der Waals surface area (Å²) in [4.78, 5) is 43.6. The molecule has 0 aliphatic carbocycles. The van der Waals surface area contributed by atoms with E-state index in [-0.39, 0.29) is 11.1 Å². The van der Waals surface area contributed by atoms with E-state index in [0.29, 0.717) is 0 Å². The third-order valence-corrected chi connectivity index (χ3v) is 4.45. The lowest BCUT2D eigenvalue weighted by molar-refractivity contribution is -0.386. The molecule has 0 unspecified atom stereocenters. The Kier molecular flexibility index (Phi) is 6.14. The minimum atomic E-state index is -1.24. The summed E-state index contributed by atoms with van der Waals surface area (Å²) < 4.78 is 9.71. The summed E-state index contributed by atoms with van der Waals surface area (Å²) in [5.74, 6) is -4.35. The number of nitro benzene ring substituents is 2. The van der Waals surface area contributed by atoms with E-state index < -0.39 is 61.6 Å². The van der Waals surface area contributed by atoms with Crippen LogP contribution in [0.5, 0.6) is 23.0 Å². The predicted molar refractivity (Wildman–Crippen MR) is 104 cm³/mol. The van der Waals surface area contributed by atoms with Gasteiger partial charge in [-0.3, -0.25) is 29.8 Å². The fraction of sp³-hybridized carbons (Fsp3) is 0.263. The zero-order valence-electron chi connectivity index (χ0n) is 16.9. The monoisotopic (exact) mass is 434 g/mol. The number of hydrogen-bond donors (Lipinski definition) is 2. The minimum Gasteiger partial charge on any atom is -0.499 e. The Bertz CT molecular complexity index is 1020. The Hall–Kier alpha value is -4.22. The molecule has 12 nitrogen and oxygen atoms in total. The van der Waals surface area contributed by atoms with Crippen LogP contribution in [-0.4, -0.2) is 32.0 Å². The number of rotatable bonds is 6. The van der Waals surface area contributed by atoms with Gasteiger partial charge in [-0.2, -0.15) is 0 Å². The quantitative estimate of drug-likeness (QED) is 0.297. The highest BCUT2D eigenvalue weighted by Gasteiger charge is 2.33. The first-order chi connectivity index (χ1) is 14.2. The van der Waals surface area contributed by atoms with E-state index in [1.165, 1.54) is 26.0 Å². The molecule has 0 heterocycles. The van der Waals surface area contributed by atoms with Crippen molar-refractivity contribution in [1.82, 2.24) is 0 Å². The fourth-order valence-electron chi connectivity index (χ4n) is 2.82. The van der Waals surface area contributed by atoms with Gasteiger partial charge in [0.15, 0.2) is 11.5 Å². The van der Waals surface area contributed by atoms with Gasteiger partial charge < -0.3 is 19.7 Å². The Morgan fingerprint density at radius 3 is 1.39 bits per heavy atom. The molecule has 0 aliphatic rings. The van der Waals surface area contributed by atoms with Crippen LogP contribution in [0.25, 0.3) is 0 Å². The molecule has 0 aromatic heterocycles. The first kappa shape index (κ1) is 23.1. The zero-order valence-corrected chi connectivity index (χ0v) is 16.9. The van der Waals surface area contributed by atoms with Crippen LogP contribution < -0.4 is 9.47 Å². The van der Waals surface area contributed by atoms with Gasteiger partial charge in [0.25, 0.3) is 0 Å². The van der Waals surface area contributed by atoms with Gasteiger partial charge in [0.1, 0.15) is 0 Å². The van der Waals surface area contributed by atoms with Crippen molar-refractivity contribution in [2.24, 2.45) is 0 Å². The number of esters is 2. The van der Waals surface area contributed by atoms with E-state index >= 15 is 0 Å². The highest BCUT2D eigenvalue weighted by atomic mass is 16.6. The topological polar surface area (TPSA) is 179 Å². The van der Waals surface area contributed by atoms with Crippen molar-refractivity contribution >= 4 is 23.3 Å². The van der Waals surface area contributed by atoms with Crippen LogP contribution in [0, 0.1) is 20.2 Å². The van der Waals surface area contributed by atoms with Gasteiger partial charge in [-0.15, -0.1) is 0 Å². The number of hydrogen-bond acceptors (Lipinski definition) is 10. The van der Waals surface area contributed by atoms with E-state index in [0.717, 1.165) is 26.0 Å². The molecule has 0 fully saturated rings. The number of nitrogens with zero attached hydrogens (tertiary/aromatic N) is 2. The minimum absolute atomic E-state index is 0.141. The van der Waals surface area contributed by atoms with Crippen molar-refractivity contribution < 1.29 is 39.1 Å². The molecular weight excluding hydrogens is 416 g/mol. The fourth-order valence-corrected chi connectivity index (χ4v) is 2.82. The molecule has 0 saturated carbocycles. The maximum absolute atomic E-state index is 11.4. The number of aromatic hydroxyl groups is 2. The largest absolute Gasteiger partial charge is 0.499 e. The molecule has 12 heteroatoms. The Labute approximate surface area is 174 Å². The summed E-state index contributed by atoms with van der Waals surface area (Å²) in [6.07, 6.45) is 0. The molecular formula is C19H18N2O10. The van der Waals surface area contributed by atoms with Crippen molar-refractivity contribution in [3.05, 3.63) is 55.6 Å². The summed E-state index contributed by atoms with van der Waals surface area (Å²) >= 11 is 0. The maximum Gasteiger partial charge on any atom is 0.314 e. The second kappa shape index (κ2) is 8.26. The van der Waals surface area contributed by atoms with E-state index in [9.17, 15) is 40.0 Å². The zero-order chi connectivity index (χ0) is 23.7. The lowest BCUT2D eigenvalue weighted by Crippen LogP contribution is -2.20. The second-order valence-corrected chi connectivity index (χ2v) is 7.01. The van der Waals surface area contributed by atoms with Gasteiger partial charge in [-0.05, 0) is 23.3 Å². The van der Waals surface area contributed by atoms with Crippen molar-refractivity contribution in [1.29, 1.82) is 0 Å². The van der Waals surface area contributed by atoms with Gasteiger partial charge in [0.2, 0.25) is 11.5 Å². The van der Waals surface area contributed by atoms with Crippen molar-refractivity contribution in [3.8, 4) is 23.0 Å². The van der Waals surface area contributed by atoms with Gasteiger partial charge in [0, 0.05) is 31.4 Å². The highest BCUT2D eigenvalue weighted by Crippen LogP contribution is 2.46. The normalized spacial score (nSPS) is 11.0. The third kappa shape index (κ3) is 4.69. The van der Waals surface area contributed by atoms with Crippen LogP contribution in [-0.2, 0) is 15.0 Å². The summed E-state index contributed by atoms with van der Waals surface area (Å²) in [6, 6.07) is 4.39. The number of benzene rings is 2. The van der Waals surface area contributed by atoms with Crippen molar-refractivity contribution in [2.75, 3.05) is 0 Å². The second-order valence-electron chi connectivity index (χ2n) is 7.01. The number of phenolic OH excluding ortho intramolecular Hbond substituents is 2. The smallest absolute Gasteiger partial charge is 0.314 e. The summed E-state index contributed by atoms with van der Waals surface area (Å²) in [5.41, 5.74) is -2.46. The Morgan fingerprint density at radius 2 is 1.13 bits per heavy atom. The molecule has 164 valence electrons. The molecule has 0 saturated heterocycles. The average molecular weight is 434 g/mol. The maximum atomic E-state index is 11.4. The molecule has 2 aromatic carbocycles. The van der Waals surface area contributed by atoms with Crippen LogP contribution in [0.1, 0.15) is 38.8 Å². The molecule has 31 heavy (non-hydrogen) atoms. The van der Waals surface area contributed by atoms with E-state index in [4.69, 9.17) is 9.47 Å². The number of ether oxygens (including phenoxy) is 2. The van der Waals surface area contributed by atoms with Gasteiger partial charge in [-0.25, -0.2) is 0 Å². The van der Waals surface area contributed by atoms with Crippen LogP contribution in [0.4, 0.5) is 11.4 Å². The lowest BCUT2D eigenvalue weighted by Gasteiger charge is -2.27. The molecule has 0 atom stereocenters. The average Bonchev–Trinajstić information content (AvgIpc) is 2.63. The highest BCUT2D eigenvalue weighted by molar-refractivity contribution is 5.73. The van der Waals surface area contributed by atoms with Crippen molar-refractivity contribution in [3.63, 3.8) is 0 Å². The first-order valence-corrected chi connectivity index (χ1v) is 8.66. The molecule has 0 bridgehead atoms. The summed E-state index contributed by atoms with van der Waals surface area (Å²) in [6.45, 7) is 5.15. The molecule has 2 aromatic rings. The van der Waals surface area contributed by atoms with E-state index in [2.05, 4.69) is 0 Å². The van der Waals surface area contributed by atoms with Gasteiger partial charge in [-0.1, -0.05) is 13.8 Å². The number of carbonyl (C=O) groups excluding carboxylic acids is 2. The van der Waals surface area contributed by atoms with Crippen LogP contribution in [0.3, 0.4) is 0 Å². The van der Waals surface area contributed by atoms with Crippen molar-refractivity contribution in [2.45, 2.75) is 33.1 Å². The molecule has 0 spiro atoms. The summed E-state index contributed by atoms with van der Waals surface area (Å²) in [7, 11) is 0. The number of carbonyl (C=O) groups is 2. The predicted octanol–water partition coefficient (Wildman–Crippen LogP) is 3.09. The first-order valence-electron chi connectivity index (χ1n) is 8.66. The third-order valence-electron chi connectivity index (χ3n) is 4.45. The summed E-state index contributed by atoms with van der Waals surface area (Å²) in [5, 5.41) is 42.9. The van der Waals surface area contributed by atoms with Crippen LogP contribution in [0.2, 0.25) is 0 Å². The SMILES string of the molecule is CC(=O)Oc1cc(C(C)(C)c2cc(OC(C)=O)c(O)c([N+](=O)[O-])c2)cc([N+](=O)[O-])c1O.